The van der Waals surface area contributed by atoms with Crippen molar-refractivity contribution in [2.45, 2.75) is 59.4 Å². The molecular weight excluding hydrogens is 438 g/mol. The van der Waals surface area contributed by atoms with Crippen molar-refractivity contribution >= 4 is 17.4 Å². The van der Waals surface area contributed by atoms with Gasteiger partial charge in [-0.15, -0.1) is 0 Å². The number of H-pyrrole nitrogens is 1. The molecule has 33 heavy (non-hydrogen) atoms. The average Bonchev–Trinajstić information content (AvgIpc) is 3.18. The number of ketones is 1. The lowest BCUT2D eigenvalue weighted by Crippen LogP contribution is -2.15. The Kier molecular flexibility index (Phi) is 7.10. The molecule has 3 aromatic rings. The second-order valence-corrected chi connectivity index (χ2v) is 8.88. The maximum atomic E-state index is 13.3. The molecule has 0 saturated heterocycles. The van der Waals surface area contributed by atoms with Crippen molar-refractivity contribution in [3.05, 3.63) is 51.7 Å². The van der Waals surface area contributed by atoms with Crippen LogP contribution in [-0.2, 0) is 25.8 Å². The molecule has 0 aliphatic heterocycles. The first-order valence-electron chi connectivity index (χ1n) is 11.6. The summed E-state index contributed by atoms with van der Waals surface area (Å²) < 4.78 is 6.04. The monoisotopic (exact) mass is 467 g/mol. The zero-order valence-electron chi connectivity index (χ0n) is 19.6. The number of pyridine rings is 1. The largest absolute Gasteiger partial charge is 0.420 e. The second-order valence-electron chi connectivity index (χ2n) is 8.54. The summed E-state index contributed by atoms with van der Waals surface area (Å²) in [4.78, 5) is 29.6. The van der Waals surface area contributed by atoms with Crippen molar-refractivity contribution in [3.8, 4) is 23.0 Å². The second kappa shape index (κ2) is 10.0. The van der Waals surface area contributed by atoms with Gasteiger partial charge in [0.15, 0.2) is 5.78 Å². The molecule has 174 valence electrons. The summed E-state index contributed by atoms with van der Waals surface area (Å²) in [6.07, 6.45) is 7.82. The van der Waals surface area contributed by atoms with Crippen molar-refractivity contribution in [3.63, 3.8) is 0 Å². The minimum atomic E-state index is 0.00588. The Morgan fingerprint density at radius 2 is 2.09 bits per heavy atom. The van der Waals surface area contributed by atoms with E-state index in [-0.39, 0.29) is 17.0 Å². The molecule has 3 heterocycles. The summed E-state index contributed by atoms with van der Waals surface area (Å²) in [6.45, 7) is 6.75. The number of carbonyl (C=O) groups excluding carboxylic acids is 1. The lowest BCUT2D eigenvalue weighted by Gasteiger charge is -2.19. The van der Waals surface area contributed by atoms with Gasteiger partial charge in [0, 0.05) is 53.3 Å². The molecule has 0 aromatic carbocycles. The summed E-state index contributed by atoms with van der Waals surface area (Å²) in [7, 11) is 1.84. The van der Waals surface area contributed by atoms with Gasteiger partial charge in [0.1, 0.15) is 0 Å². The van der Waals surface area contributed by atoms with Gasteiger partial charge in [-0.25, -0.2) is 9.97 Å². The number of carbonyl (C=O) groups is 1. The average molecular weight is 468 g/mol. The van der Waals surface area contributed by atoms with Crippen LogP contribution in [0, 0.1) is 5.92 Å². The predicted octanol–water partition coefficient (Wildman–Crippen LogP) is 5.31. The van der Waals surface area contributed by atoms with Crippen LogP contribution in [-0.4, -0.2) is 32.8 Å². The highest BCUT2D eigenvalue weighted by Crippen LogP contribution is 2.39. The Balaban J connectivity index is 1.75. The number of ether oxygens (including phenoxy) is 1. The maximum Gasteiger partial charge on any atom is 0.230 e. The van der Waals surface area contributed by atoms with E-state index in [0.717, 1.165) is 71.3 Å². The molecule has 0 saturated carbocycles. The number of hydrogen-bond donors (Lipinski definition) is 2. The van der Waals surface area contributed by atoms with Gasteiger partial charge >= 0.3 is 0 Å². The van der Waals surface area contributed by atoms with E-state index in [4.69, 9.17) is 16.3 Å². The summed E-state index contributed by atoms with van der Waals surface area (Å²) >= 11 is 6.00. The molecule has 1 aliphatic carbocycles. The van der Waals surface area contributed by atoms with Crippen LogP contribution in [0.3, 0.4) is 0 Å². The molecule has 0 bridgehead atoms. The lowest BCUT2D eigenvalue weighted by molar-refractivity contribution is 0.0925. The fraction of sp³-hybridized carbons (Fsp3) is 0.440. The summed E-state index contributed by atoms with van der Waals surface area (Å²) in [5, 5.41) is 3.19. The number of Topliss-reactive ketones (excluding diaryl/α,β-unsaturated/α-hetero) is 1. The van der Waals surface area contributed by atoms with Crippen LogP contribution in [0.5, 0.6) is 11.8 Å². The van der Waals surface area contributed by atoms with Crippen LogP contribution in [0.1, 0.15) is 66.4 Å². The van der Waals surface area contributed by atoms with E-state index < -0.39 is 0 Å². The third kappa shape index (κ3) is 4.66. The van der Waals surface area contributed by atoms with E-state index in [1.54, 1.807) is 6.20 Å². The fourth-order valence-corrected chi connectivity index (χ4v) is 4.45. The van der Waals surface area contributed by atoms with Crippen LogP contribution in [0.4, 0.5) is 0 Å². The van der Waals surface area contributed by atoms with E-state index in [2.05, 4.69) is 39.1 Å². The molecule has 0 spiro atoms. The van der Waals surface area contributed by atoms with E-state index in [9.17, 15) is 4.79 Å². The minimum Gasteiger partial charge on any atom is -0.420 e. The highest BCUT2D eigenvalue weighted by Gasteiger charge is 2.29. The first-order valence-corrected chi connectivity index (χ1v) is 12.0. The number of fused-ring (bicyclic) bond motifs is 3. The number of halogens is 1. The molecule has 3 aromatic heterocycles. The number of nitrogens with zero attached hydrogens (tertiary/aromatic N) is 3. The van der Waals surface area contributed by atoms with Gasteiger partial charge in [0.05, 0.1) is 5.69 Å². The molecule has 4 rings (SSSR count). The van der Waals surface area contributed by atoms with Crippen LogP contribution in [0.2, 0.25) is 5.28 Å². The number of rotatable bonds is 9. The molecule has 7 nitrogen and oxygen atoms in total. The summed E-state index contributed by atoms with van der Waals surface area (Å²) in [5.74, 6) is 1.04. The SMILES string of the molecule is CCCc1[nH]c2c(c1C(=O)C(C)CC)CCc1cnc(Oc3nc(Cl)ncc3CNC)cc1-2. The van der Waals surface area contributed by atoms with E-state index in [1.165, 1.54) is 0 Å². The van der Waals surface area contributed by atoms with Crippen molar-refractivity contribution in [2.24, 2.45) is 5.92 Å². The first kappa shape index (κ1) is 23.4. The van der Waals surface area contributed by atoms with Crippen LogP contribution in [0.15, 0.2) is 18.5 Å². The number of aryl methyl sites for hydroxylation is 2. The van der Waals surface area contributed by atoms with Crippen molar-refractivity contribution in [1.29, 1.82) is 0 Å². The zero-order chi connectivity index (χ0) is 23.5. The third-order valence-corrected chi connectivity index (χ3v) is 6.41. The molecular formula is C25H30ClN5O2. The normalized spacial score (nSPS) is 13.4. The highest BCUT2D eigenvalue weighted by atomic mass is 35.5. The summed E-state index contributed by atoms with van der Waals surface area (Å²) in [6, 6.07) is 1.93. The van der Waals surface area contributed by atoms with Crippen LogP contribution >= 0.6 is 11.6 Å². The summed E-state index contributed by atoms with van der Waals surface area (Å²) in [5.41, 5.74) is 7.01. The van der Waals surface area contributed by atoms with E-state index in [1.807, 2.05) is 26.2 Å². The Hall–Kier alpha value is -2.77. The molecule has 2 N–H and O–H groups in total. The van der Waals surface area contributed by atoms with Crippen molar-refractivity contribution in [2.75, 3.05) is 7.05 Å². The first-order chi connectivity index (χ1) is 16.0. The Morgan fingerprint density at radius 3 is 2.82 bits per heavy atom. The smallest absolute Gasteiger partial charge is 0.230 e. The molecule has 1 aliphatic rings. The number of hydrogen-bond acceptors (Lipinski definition) is 6. The topological polar surface area (TPSA) is 92.8 Å². The molecule has 0 radical (unpaired) electrons. The maximum absolute atomic E-state index is 13.3. The highest BCUT2D eigenvalue weighted by molar-refractivity contribution is 6.28. The third-order valence-electron chi connectivity index (χ3n) is 6.23. The zero-order valence-corrected chi connectivity index (χ0v) is 20.3. The molecule has 0 fully saturated rings. The van der Waals surface area contributed by atoms with Crippen LogP contribution < -0.4 is 10.1 Å². The van der Waals surface area contributed by atoms with Crippen molar-refractivity contribution in [1.82, 2.24) is 25.3 Å². The van der Waals surface area contributed by atoms with Gasteiger partial charge in [0.2, 0.25) is 17.0 Å². The lowest BCUT2D eigenvalue weighted by atomic mass is 9.85. The van der Waals surface area contributed by atoms with Crippen LogP contribution in [0.25, 0.3) is 11.3 Å². The molecule has 1 atom stereocenters. The minimum absolute atomic E-state index is 0.00588. The van der Waals surface area contributed by atoms with Gasteiger partial charge in [-0.2, -0.15) is 4.98 Å². The Bertz CT molecular complexity index is 1170. The van der Waals surface area contributed by atoms with Gasteiger partial charge in [-0.05, 0) is 55.5 Å². The van der Waals surface area contributed by atoms with Gasteiger partial charge in [0.25, 0.3) is 0 Å². The van der Waals surface area contributed by atoms with E-state index in [0.29, 0.717) is 18.3 Å². The van der Waals surface area contributed by atoms with E-state index >= 15 is 0 Å². The molecule has 1 unspecified atom stereocenters. The Morgan fingerprint density at radius 1 is 1.27 bits per heavy atom. The number of aromatic nitrogens is 4. The number of nitrogens with one attached hydrogen (secondary N) is 2. The van der Waals surface area contributed by atoms with Crippen molar-refractivity contribution < 1.29 is 9.53 Å². The predicted molar refractivity (Wildman–Crippen MR) is 129 cm³/mol. The van der Waals surface area contributed by atoms with Gasteiger partial charge in [-0.1, -0.05) is 27.2 Å². The molecule has 0 amide bonds. The fourth-order valence-electron chi connectivity index (χ4n) is 4.32. The Labute approximate surface area is 199 Å². The standard InChI is InChI=1S/C25H30ClN5O2/c1-5-7-19-21(23(32)14(3)6-2)17-9-8-15-12-28-20(10-18(15)22(17)30-19)33-24-16(11-27-4)13-29-25(26)31-24/h10,12-14,27,30H,5-9,11H2,1-4H3. The number of aromatic amines is 1. The van der Waals surface area contributed by atoms with Gasteiger partial charge < -0.3 is 15.0 Å². The molecule has 8 heteroatoms. The van der Waals surface area contributed by atoms with Gasteiger partial charge in [-0.3, -0.25) is 4.79 Å². The quantitative estimate of drug-likeness (QED) is 0.327.